The molecule has 8 nitrogen and oxygen atoms in total. The SMILES string of the molecule is CC(C)(C)C[C@@H]1N[C@@H](C(=O)Nc2ccn(CCO)c(=O)c2)[C@H](c2cccc(Cl)c2F)[C@]12C(=O)Nc1cc(Cl)ccc12. The van der Waals surface area contributed by atoms with Crippen molar-refractivity contribution in [2.24, 2.45) is 5.41 Å². The monoisotopic (exact) mass is 600 g/mol. The van der Waals surface area contributed by atoms with Gasteiger partial charge in [-0.2, -0.15) is 0 Å². The van der Waals surface area contributed by atoms with Crippen LogP contribution in [0.15, 0.2) is 59.5 Å². The van der Waals surface area contributed by atoms with Crippen molar-refractivity contribution >= 4 is 46.4 Å². The molecule has 4 N–H and O–H groups in total. The highest BCUT2D eigenvalue weighted by molar-refractivity contribution is 6.31. The number of benzene rings is 2. The average Bonchev–Trinajstić information content (AvgIpc) is 3.36. The van der Waals surface area contributed by atoms with E-state index >= 15 is 4.39 Å². The fourth-order valence-electron chi connectivity index (χ4n) is 6.25. The maximum absolute atomic E-state index is 15.8. The third-order valence-electron chi connectivity index (χ3n) is 7.83. The van der Waals surface area contributed by atoms with Crippen LogP contribution in [0.1, 0.15) is 44.2 Å². The van der Waals surface area contributed by atoms with Gasteiger partial charge in [-0.15, -0.1) is 0 Å². The van der Waals surface area contributed by atoms with E-state index in [-0.39, 0.29) is 40.7 Å². The normalized spacial score (nSPS) is 23.5. The molecule has 1 spiro atoms. The number of nitrogens with one attached hydrogen (secondary N) is 3. The van der Waals surface area contributed by atoms with Crippen molar-refractivity contribution in [3.63, 3.8) is 0 Å². The molecule has 4 atom stereocenters. The van der Waals surface area contributed by atoms with Crippen LogP contribution in [0.5, 0.6) is 0 Å². The fourth-order valence-corrected chi connectivity index (χ4v) is 6.60. The van der Waals surface area contributed by atoms with Crippen molar-refractivity contribution in [2.45, 2.75) is 57.2 Å². The molecular formula is C30H31Cl2FN4O4. The van der Waals surface area contributed by atoms with Gasteiger partial charge in [0, 0.05) is 47.2 Å². The van der Waals surface area contributed by atoms with Crippen LogP contribution in [0.3, 0.4) is 0 Å². The molecule has 2 aliphatic rings. The van der Waals surface area contributed by atoms with E-state index in [0.717, 1.165) is 0 Å². The van der Waals surface area contributed by atoms with E-state index in [1.807, 2.05) is 20.8 Å². The van der Waals surface area contributed by atoms with Gasteiger partial charge in [0.05, 0.1) is 17.7 Å². The van der Waals surface area contributed by atoms with Crippen LogP contribution in [-0.4, -0.2) is 40.2 Å². The summed E-state index contributed by atoms with van der Waals surface area (Å²) in [5.74, 6) is -2.63. The predicted molar refractivity (Wildman–Crippen MR) is 157 cm³/mol. The largest absolute Gasteiger partial charge is 0.395 e. The minimum absolute atomic E-state index is 0.114. The van der Waals surface area contributed by atoms with Gasteiger partial charge < -0.3 is 25.6 Å². The number of carbonyl (C=O) groups is 2. The first kappa shape index (κ1) is 29.3. The third kappa shape index (κ3) is 5.16. The Morgan fingerprint density at radius 2 is 1.90 bits per heavy atom. The minimum atomic E-state index is -1.38. The topological polar surface area (TPSA) is 112 Å². The van der Waals surface area contributed by atoms with E-state index in [1.165, 1.54) is 22.9 Å². The number of amides is 2. The number of aliphatic hydroxyl groups excluding tert-OH is 1. The summed E-state index contributed by atoms with van der Waals surface area (Å²) in [5.41, 5.74) is -0.595. The van der Waals surface area contributed by atoms with Gasteiger partial charge in [0.15, 0.2) is 0 Å². The Balaban J connectivity index is 1.68. The van der Waals surface area contributed by atoms with Gasteiger partial charge in [-0.25, -0.2) is 4.39 Å². The molecule has 2 amide bonds. The molecule has 41 heavy (non-hydrogen) atoms. The smallest absolute Gasteiger partial charge is 0.252 e. The van der Waals surface area contributed by atoms with Gasteiger partial charge in [0.25, 0.3) is 5.56 Å². The molecule has 1 aromatic heterocycles. The van der Waals surface area contributed by atoms with Crippen LogP contribution in [0.4, 0.5) is 15.8 Å². The van der Waals surface area contributed by atoms with Crippen LogP contribution in [0, 0.1) is 11.2 Å². The number of hydrogen-bond donors (Lipinski definition) is 4. The Labute approximate surface area is 246 Å². The molecule has 0 bridgehead atoms. The van der Waals surface area contributed by atoms with Crippen molar-refractivity contribution in [3.8, 4) is 0 Å². The van der Waals surface area contributed by atoms with Crippen molar-refractivity contribution in [2.75, 3.05) is 17.2 Å². The van der Waals surface area contributed by atoms with E-state index in [4.69, 9.17) is 23.2 Å². The molecule has 0 aliphatic carbocycles. The van der Waals surface area contributed by atoms with Gasteiger partial charge in [-0.05, 0) is 47.2 Å². The second kappa shape index (κ2) is 10.9. The lowest BCUT2D eigenvalue weighted by Crippen LogP contribution is -2.49. The number of aromatic nitrogens is 1. The minimum Gasteiger partial charge on any atom is -0.395 e. The molecule has 1 fully saturated rings. The molecular weight excluding hydrogens is 570 g/mol. The summed E-state index contributed by atoms with van der Waals surface area (Å²) in [5, 5.41) is 18.6. The van der Waals surface area contributed by atoms with Crippen molar-refractivity contribution in [1.29, 1.82) is 0 Å². The summed E-state index contributed by atoms with van der Waals surface area (Å²) in [6, 6.07) is 10.8. The molecule has 0 unspecified atom stereocenters. The summed E-state index contributed by atoms with van der Waals surface area (Å²) >= 11 is 12.5. The van der Waals surface area contributed by atoms with Crippen molar-refractivity contribution in [1.82, 2.24) is 9.88 Å². The highest BCUT2D eigenvalue weighted by atomic mass is 35.5. The number of halogens is 3. The van der Waals surface area contributed by atoms with Gasteiger partial charge in [-0.1, -0.05) is 62.2 Å². The summed E-state index contributed by atoms with van der Waals surface area (Å²) in [6.07, 6.45) is 1.95. The molecule has 2 aliphatic heterocycles. The van der Waals surface area contributed by atoms with Gasteiger partial charge in [0.2, 0.25) is 11.8 Å². The zero-order valence-corrected chi connectivity index (χ0v) is 24.3. The Bertz CT molecular complexity index is 1590. The van der Waals surface area contributed by atoms with Gasteiger partial charge >= 0.3 is 0 Å². The summed E-state index contributed by atoms with van der Waals surface area (Å²) in [4.78, 5) is 40.7. The van der Waals surface area contributed by atoms with Crippen LogP contribution in [0.2, 0.25) is 10.0 Å². The number of carbonyl (C=O) groups excluding carboxylic acids is 2. The predicted octanol–water partition coefficient (Wildman–Crippen LogP) is 4.68. The molecule has 3 heterocycles. The molecule has 0 saturated carbocycles. The lowest BCUT2D eigenvalue weighted by atomic mass is 9.62. The van der Waals surface area contributed by atoms with Crippen LogP contribution in [-0.2, 0) is 21.5 Å². The number of pyridine rings is 1. The molecule has 11 heteroatoms. The third-order valence-corrected chi connectivity index (χ3v) is 8.35. The quantitative estimate of drug-likeness (QED) is 0.328. The van der Waals surface area contributed by atoms with E-state index in [9.17, 15) is 19.5 Å². The Morgan fingerprint density at radius 3 is 2.59 bits per heavy atom. The number of fused-ring (bicyclic) bond motifs is 2. The van der Waals surface area contributed by atoms with Crippen LogP contribution >= 0.6 is 23.2 Å². The summed E-state index contributed by atoms with van der Waals surface area (Å²) in [6.45, 7) is 5.99. The second-order valence-corrected chi connectivity index (χ2v) is 12.6. The number of rotatable bonds is 6. The molecule has 1 saturated heterocycles. The molecule has 5 rings (SSSR count). The first-order valence-corrected chi connectivity index (χ1v) is 14.1. The van der Waals surface area contributed by atoms with Crippen molar-refractivity contribution in [3.05, 3.63) is 92.1 Å². The summed E-state index contributed by atoms with van der Waals surface area (Å²) < 4.78 is 17.2. The number of nitrogens with zero attached hydrogens (tertiary/aromatic N) is 1. The zero-order valence-electron chi connectivity index (χ0n) is 22.8. The molecule has 2 aromatic carbocycles. The number of hydrogen-bond acceptors (Lipinski definition) is 5. The maximum Gasteiger partial charge on any atom is 0.252 e. The summed E-state index contributed by atoms with van der Waals surface area (Å²) in [7, 11) is 0. The molecule has 0 radical (unpaired) electrons. The van der Waals surface area contributed by atoms with E-state index in [0.29, 0.717) is 22.7 Å². The first-order chi connectivity index (χ1) is 19.4. The van der Waals surface area contributed by atoms with Crippen LogP contribution in [0.25, 0.3) is 0 Å². The standard InChI is InChI=1S/C30H31Cl2FN4O4/c1-29(2,3)15-22-30(19-8-7-16(31)13-21(19)35-28(30)41)24(18-5-4-6-20(32)25(18)33)26(36-22)27(40)34-17-9-10-37(11-12-38)23(39)14-17/h4-10,13-14,22,24,26,36,38H,11-12,15H2,1-3H3,(H,34,40)(H,35,41)/t22-,24-,26+,30+/m0/s1. The fraction of sp³-hybridized carbons (Fsp3) is 0.367. The van der Waals surface area contributed by atoms with E-state index in [2.05, 4.69) is 16.0 Å². The number of aliphatic hydroxyl groups is 1. The highest BCUT2D eigenvalue weighted by Gasteiger charge is 2.66. The average molecular weight is 602 g/mol. The van der Waals surface area contributed by atoms with Crippen molar-refractivity contribution < 1.29 is 19.1 Å². The Morgan fingerprint density at radius 1 is 1.15 bits per heavy atom. The zero-order chi connectivity index (χ0) is 29.7. The van der Waals surface area contributed by atoms with Gasteiger partial charge in [-0.3, -0.25) is 14.4 Å². The lowest BCUT2D eigenvalue weighted by Gasteiger charge is -2.37. The number of anilines is 2. The van der Waals surface area contributed by atoms with Crippen LogP contribution < -0.4 is 21.5 Å². The Kier molecular flexibility index (Phi) is 7.76. The molecule has 216 valence electrons. The second-order valence-electron chi connectivity index (χ2n) is 11.8. The highest BCUT2D eigenvalue weighted by Crippen LogP contribution is 2.57. The lowest BCUT2D eigenvalue weighted by molar-refractivity contribution is -0.122. The maximum atomic E-state index is 15.8. The first-order valence-electron chi connectivity index (χ1n) is 13.3. The Hall–Kier alpha value is -3.24. The molecule has 3 aromatic rings. The van der Waals surface area contributed by atoms with E-state index in [1.54, 1.807) is 36.4 Å². The van der Waals surface area contributed by atoms with Gasteiger partial charge in [0.1, 0.15) is 11.2 Å². The van der Waals surface area contributed by atoms with E-state index < -0.39 is 40.7 Å².